The highest BCUT2D eigenvalue weighted by Crippen LogP contribution is 2.26. The first kappa shape index (κ1) is 12.7. The summed E-state index contributed by atoms with van der Waals surface area (Å²) in [4.78, 5) is 17.6. The highest BCUT2D eigenvalue weighted by atomic mass is 16.7. The van der Waals surface area contributed by atoms with Crippen molar-refractivity contribution in [2.45, 2.75) is 51.0 Å². The number of carbonyl (C=O) groups is 1. The molecule has 3 nitrogen and oxygen atoms in total. The first-order valence-electron chi connectivity index (χ1n) is 7.35. The van der Waals surface area contributed by atoms with Crippen LogP contribution in [0.4, 0.5) is 0 Å². The molecular formula is C16H21NO2. The van der Waals surface area contributed by atoms with E-state index in [0.717, 1.165) is 32.1 Å². The second-order valence-corrected chi connectivity index (χ2v) is 5.70. The molecule has 0 bridgehead atoms. The number of carbonyl (C=O) groups excluding carboxylic acids is 1. The molecule has 0 spiro atoms. The van der Waals surface area contributed by atoms with Crippen LogP contribution in [0.3, 0.4) is 0 Å². The van der Waals surface area contributed by atoms with Gasteiger partial charge in [0.1, 0.15) is 0 Å². The Bertz CT molecular complexity index is 452. The Balaban J connectivity index is 1.54. The lowest BCUT2D eigenvalue weighted by Gasteiger charge is -2.24. The van der Waals surface area contributed by atoms with Gasteiger partial charge in [0, 0.05) is 5.92 Å². The number of amides is 1. The van der Waals surface area contributed by atoms with Crippen LogP contribution in [0.2, 0.25) is 0 Å². The third kappa shape index (κ3) is 2.98. The number of fused-ring (bicyclic) bond motifs is 1. The van der Waals surface area contributed by atoms with Gasteiger partial charge in [0.15, 0.2) is 0 Å². The highest BCUT2D eigenvalue weighted by molar-refractivity contribution is 5.78. The zero-order valence-electron chi connectivity index (χ0n) is 11.2. The van der Waals surface area contributed by atoms with Gasteiger partial charge >= 0.3 is 0 Å². The van der Waals surface area contributed by atoms with E-state index in [-0.39, 0.29) is 17.9 Å². The number of hydrogen-bond donors (Lipinski definition) is 1. The van der Waals surface area contributed by atoms with E-state index in [0.29, 0.717) is 0 Å². The van der Waals surface area contributed by atoms with E-state index < -0.39 is 0 Å². The number of hydroxylamine groups is 1. The fraction of sp³-hybridized carbons (Fsp3) is 0.562. The van der Waals surface area contributed by atoms with Gasteiger partial charge in [0.2, 0.25) is 5.91 Å². The van der Waals surface area contributed by atoms with Crippen LogP contribution in [0, 0.1) is 5.92 Å². The van der Waals surface area contributed by atoms with Crippen LogP contribution in [0.25, 0.3) is 0 Å². The van der Waals surface area contributed by atoms with E-state index in [1.807, 2.05) is 6.07 Å². The number of aryl methyl sites for hydroxylation is 1. The molecule has 1 atom stereocenters. The fourth-order valence-electron chi connectivity index (χ4n) is 3.15. The standard InChI is InChI=1S/C16H21NO2/c18-16(17-19-15-7-3-4-8-15)14-10-9-12-5-1-2-6-13(12)11-14/h1-2,5-6,14-15H,3-4,7-11H2,(H,17,18). The van der Waals surface area contributed by atoms with E-state index >= 15 is 0 Å². The Kier molecular flexibility index (Phi) is 3.83. The molecule has 2 aliphatic rings. The Morgan fingerprint density at radius 1 is 1.11 bits per heavy atom. The van der Waals surface area contributed by atoms with Crippen LogP contribution in [0.5, 0.6) is 0 Å². The summed E-state index contributed by atoms with van der Waals surface area (Å²) < 4.78 is 0. The average Bonchev–Trinajstić information content (AvgIpc) is 2.97. The van der Waals surface area contributed by atoms with Crippen LogP contribution in [0.15, 0.2) is 24.3 Å². The van der Waals surface area contributed by atoms with Crippen molar-refractivity contribution in [3.8, 4) is 0 Å². The normalized spacial score (nSPS) is 23.1. The van der Waals surface area contributed by atoms with Gasteiger partial charge in [0.05, 0.1) is 6.10 Å². The maximum atomic E-state index is 12.1. The molecule has 19 heavy (non-hydrogen) atoms. The monoisotopic (exact) mass is 259 g/mol. The lowest BCUT2D eigenvalue weighted by molar-refractivity contribution is -0.142. The molecule has 0 saturated heterocycles. The fourth-order valence-corrected chi connectivity index (χ4v) is 3.15. The smallest absolute Gasteiger partial charge is 0.246 e. The van der Waals surface area contributed by atoms with Gasteiger partial charge in [-0.15, -0.1) is 0 Å². The maximum Gasteiger partial charge on any atom is 0.246 e. The number of nitrogens with one attached hydrogen (secondary N) is 1. The van der Waals surface area contributed by atoms with Crippen molar-refractivity contribution in [2.75, 3.05) is 0 Å². The Hall–Kier alpha value is -1.35. The van der Waals surface area contributed by atoms with E-state index in [9.17, 15) is 4.79 Å². The van der Waals surface area contributed by atoms with Crippen LogP contribution in [0.1, 0.15) is 43.2 Å². The molecule has 1 aromatic carbocycles. The molecule has 0 aliphatic heterocycles. The maximum absolute atomic E-state index is 12.1. The Morgan fingerprint density at radius 3 is 2.63 bits per heavy atom. The molecule has 0 radical (unpaired) electrons. The van der Waals surface area contributed by atoms with E-state index in [4.69, 9.17) is 4.84 Å². The first-order chi connectivity index (χ1) is 9.33. The summed E-state index contributed by atoms with van der Waals surface area (Å²) in [6.07, 6.45) is 7.60. The molecular weight excluding hydrogens is 238 g/mol. The summed E-state index contributed by atoms with van der Waals surface area (Å²) in [6.45, 7) is 0. The van der Waals surface area contributed by atoms with E-state index in [2.05, 4.69) is 23.7 Å². The Labute approximate surface area is 114 Å². The minimum atomic E-state index is 0.0569. The van der Waals surface area contributed by atoms with Crippen molar-refractivity contribution in [2.24, 2.45) is 5.92 Å². The minimum Gasteiger partial charge on any atom is -0.272 e. The molecule has 2 aliphatic carbocycles. The molecule has 3 heteroatoms. The third-order valence-corrected chi connectivity index (χ3v) is 4.35. The topological polar surface area (TPSA) is 38.3 Å². The quantitative estimate of drug-likeness (QED) is 0.848. The zero-order chi connectivity index (χ0) is 13.1. The third-order valence-electron chi connectivity index (χ3n) is 4.35. The number of hydrogen-bond acceptors (Lipinski definition) is 2. The minimum absolute atomic E-state index is 0.0569. The second-order valence-electron chi connectivity index (χ2n) is 5.70. The van der Waals surface area contributed by atoms with Crippen LogP contribution in [-0.4, -0.2) is 12.0 Å². The molecule has 1 fully saturated rings. The average molecular weight is 259 g/mol. The lowest BCUT2D eigenvalue weighted by Crippen LogP contribution is -2.36. The largest absolute Gasteiger partial charge is 0.272 e. The lowest BCUT2D eigenvalue weighted by atomic mass is 9.83. The molecule has 1 unspecified atom stereocenters. The van der Waals surface area contributed by atoms with Crippen LogP contribution < -0.4 is 5.48 Å². The molecule has 1 N–H and O–H groups in total. The SMILES string of the molecule is O=C(NOC1CCCC1)C1CCc2ccccc2C1. The molecule has 1 aromatic rings. The van der Waals surface area contributed by atoms with E-state index in [1.165, 1.54) is 24.0 Å². The van der Waals surface area contributed by atoms with Crippen LogP contribution >= 0.6 is 0 Å². The summed E-state index contributed by atoms with van der Waals surface area (Å²) in [7, 11) is 0. The van der Waals surface area contributed by atoms with Gasteiger partial charge in [-0.1, -0.05) is 37.1 Å². The van der Waals surface area contributed by atoms with Crippen LogP contribution in [-0.2, 0) is 22.5 Å². The van der Waals surface area contributed by atoms with E-state index in [1.54, 1.807) is 0 Å². The summed E-state index contributed by atoms with van der Waals surface area (Å²) in [5, 5.41) is 0. The summed E-state index contributed by atoms with van der Waals surface area (Å²) in [6, 6.07) is 8.42. The van der Waals surface area contributed by atoms with Crippen molar-refractivity contribution in [3.05, 3.63) is 35.4 Å². The zero-order valence-corrected chi connectivity index (χ0v) is 11.2. The van der Waals surface area contributed by atoms with Gasteiger partial charge in [0.25, 0.3) is 0 Å². The molecule has 0 heterocycles. The molecule has 3 rings (SSSR count). The molecule has 1 saturated carbocycles. The van der Waals surface area contributed by atoms with Crippen molar-refractivity contribution in [3.63, 3.8) is 0 Å². The van der Waals surface area contributed by atoms with Gasteiger partial charge in [-0.3, -0.25) is 9.63 Å². The summed E-state index contributed by atoms with van der Waals surface area (Å²) >= 11 is 0. The number of benzene rings is 1. The van der Waals surface area contributed by atoms with Gasteiger partial charge < -0.3 is 0 Å². The predicted molar refractivity (Wildman–Crippen MR) is 73.4 cm³/mol. The highest BCUT2D eigenvalue weighted by Gasteiger charge is 2.25. The van der Waals surface area contributed by atoms with Gasteiger partial charge in [-0.2, -0.15) is 0 Å². The van der Waals surface area contributed by atoms with Crippen molar-refractivity contribution in [1.29, 1.82) is 0 Å². The molecule has 0 aromatic heterocycles. The van der Waals surface area contributed by atoms with Gasteiger partial charge in [-0.05, 0) is 43.2 Å². The Morgan fingerprint density at radius 2 is 1.84 bits per heavy atom. The van der Waals surface area contributed by atoms with Crippen molar-refractivity contribution >= 4 is 5.91 Å². The summed E-state index contributed by atoms with van der Waals surface area (Å²) in [5.41, 5.74) is 5.39. The van der Waals surface area contributed by atoms with Crippen molar-refractivity contribution in [1.82, 2.24) is 5.48 Å². The summed E-state index contributed by atoms with van der Waals surface area (Å²) in [5.74, 6) is 0.123. The first-order valence-corrected chi connectivity index (χ1v) is 7.35. The molecule has 1 amide bonds. The predicted octanol–water partition coefficient (Wildman–Crippen LogP) is 2.78. The van der Waals surface area contributed by atoms with Crippen molar-refractivity contribution < 1.29 is 9.63 Å². The molecule has 102 valence electrons. The van der Waals surface area contributed by atoms with Gasteiger partial charge in [-0.25, -0.2) is 5.48 Å². The number of rotatable bonds is 3. The second kappa shape index (κ2) is 5.74.